The fourth-order valence-corrected chi connectivity index (χ4v) is 3.64. The zero-order valence-electron chi connectivity index (χ0n) is 12.7. The van der Waals surface area contributed by atoms with Crippen molar-refractivity contribution in [1.29, 1.82) is 0 Å². The van der Waals surface area contributed by atoms with Crippen molar-refractivity contribution in [3.05, 3.63) is 11.7 Å². The van der Waals surface area contributed by atoms with Gasteiger partial charge in [-0.25, -0.2) is 12.7 Å². The first kappa shape index (κ1) is 15.4. The van der Waals surface area contributed by atoms with Gasteiger partial charge in [0.05, 0.1) is 18.2 Å². The van der Waals surface area contributed by atoms with Crippen molar-refractivity contribution >= 4 is 15.9 Å². The quantitative estimate of drug-likeness (QED) is 0.835. The molecule has 1 aliphatic heterocycles. The van der Waals surface area contributed by atoms with Gasteiger partial charge in [-0.2, -0.15) is 4.98 Å². The highest BCUT2D eigenvalue weighted by atomic mass is 32.2. The average molecular weight is 328 g/mol. The number of aromatic nitrogens is 2. The van der Waals surface area contributed by atoms with Gasteiger partial charge in [-0.1, -0.05) is 5.16 Å². The summed E-state index contributed by atoms with van der Waals surface area (Å²) in [7, 11) is -3.28. The molecule has 2 atom stereocenters. The summed E-state index contributed by atoms with van der Waals surface area (Å²) in [6, 6.07) is -0.337. The van der Waals surface area contributed by atoms with E-state index in [1.807, 2.05) is 0 Å². The van der Waals surface area contributed by atoms with Crippen LogP contribution in [-0.4, -0.2) is 54.2 Å². The van der Waals surface area contributed by atoms with Crippen molar-refractivity contribution in [2.75, 3.05) is 19.3 Å². The van der Waals surface area contributed by atoms with Crippen LogP contribution in [0.1, 0.15) is 36.9 Å². The standard InChI is InChI=1S/C13H20N4O4S/c1-8-14-13(21-16-8)10-5-6-17(22(2,19)20)7-11(10)15-12(18)9-3-4-9/h9-11H,3-7H2,1-2H3,(H,15,18)/t10-,11+/m0/s1. The summed E-state index contributed by atoms with van der Waals surface area (Å²) in [5, 5.41) is 6.76. The van der Waals surface area contributed by atoms with Crippen molar-refractivity contribution in [2.24, 2.45) is 5.92 Å². The molecule has 8 nitrogen and oxygen atoms in total. The lowest BCUT2D eigenvalue weighted by Gasteiger charge is -2.36. The van der Waals surface area contributed by atoms with Crippen LogP contribution >= 0.6 is 0 Å². The largest absolute Gasteiger partial charge is 0.351 e. The molecule has 2 fully saturated rings. The Morgan fingerprint density at radius 3 is 2.64 bits per heavy atom. The first-order valence-electron chi connectivity index (χ1n) is 7.40. The maximum atomic E-state index is 12.1. The highest BCUT2D eigenvalue weighted by Gasteiger charge is 2.40. The van der Waals surface area contributed by atoms with E-state index in [4.69, 9.17) is 4.52 Å². The minimum atomic E-state index is -3.28. The monoisotopic (exact) mass is 328 g/mol. The number of nitrogens with one attached hydrogen (secondary N) is 1. The number of hydrogen-bond donors (Lipinski definition) is 1. The molecule has 1 aromatic rings. The second kappa shape index (κ2) is 5.62. The van der Waals surface area contributed by atoms with Gasteiger partial charge in [0.1, 0.15) is 0 Å². The van der Waals surface area contributed by atoms with Gasteiger partial charge in [0.2, 0.25) is 21.8 Å². The molecule has 1 aliphatic carbocycles. The topological polar surface area (TPSA) is 105 Å². The zero-order chi connectivity index (χ0) is 15.9. The number of hydrogen-bond acceptors (Lipinski definition) is 6. The van der Waals surface area contributed by atoms with Crippen LogP contribution in [0.5, 0.6) is 0 Å². The molecule has 9 heteroatoms. The van der Waals surface area contributed by atoms with Crippen molar-refractivity contribution in [3.63, 3.8) is 0 Å². The van der Waals surface area contributed by atoms with Crippen LogP contribution < -0.4 is 5.32 Å². The molecular formula is C13H20N4O4S. The van der Waals surface area contributed by atoms with Gasteiger partial charge in [-0.15, -0.1) is 0 Å². The number of aryl methyl sites for hydroxylation is 1. The second-order valence-corrected chi connectivity index (χ2v) is 8.07. The van der Waals surface area contributed by atoms with Gasteiger partial charge in [0.25, 0.3) is 0 Å². The molecule has 1 saturated carbocycles. The predicted molar refractivity (Wildman–Crippen MR) is 77.5 cm³/mol. The summed E-state index contributed by atoms with van der Waals surface area (Å²) in [5.74, 6) is 0.904. The number of carbonyl (C=O) groups excluding carboxylic acids is 1. The summed E-state index contributed by atoms with van der Waals surface area (Å²) in [6.45, 7) is 2.36. The van der Waals surface area contributed by atoms with Gasteiger partial charge >= 0.3 is 0 Å². The highest BCUT2D eigenvalue weighted by Crippen LogP contribution is 2.32. The first-order chi connectivity index (χ1) is 10.3. The number of piperidine rings is 1. The molecule has 22 heavy (non-hydrogen) atoms. The van der Waals surface area contributed by atoms with Crippen LogP contribution in [0, 0.1) is 12.8 Å². The maximum absolute atomic E-state index is 12.1. The van der Waals surface area contributed by atoms with E-state index in [-0.39, 0.29) is 30.3 Å². The van der Waals surface area contributed by atoms with Crippen molar-refractivity contribution < 1.29 is 17.7 Å². The lowest BCUT2D eigenvalue weighted by Crippen LogP contribution is -2.53. The van der Waals surface area contributed by atoms with Crippen molar-refractivity contribution in [3.8, 4) is 0 Å². The van der Waals surface area contributed by atoms with E-state index in [1.165, 1.54) is 10.6 Å². The molecule has 0 spiro atoms. The molecule has 0 unspecified atom stereocenters. The lowest BCUT2D eigenvalue weighted by atomic mass is 9.92. The van der Waals surface area contributed by atoms with Crippen LogP contribution in [-0.2, 0) is 14.8 Å². The van der Waals surface area contributed by atoms with Crippen LogP contribution in [0.2, 0.25) is 0 Å². The molecule has 2 heterocycles. The molecule has 0 aromatic carbocycles. The van der Waals surface area contributed by atoms with Crippen molar-refractivity contribution in [2.45, 2.75) is 38.1 Å². The van der Waals surface area contributed by atoms with E-state index < -0.39 is 10.0 Å². The third-order valence-electron chi connectivity index (χ3n) is 4.18. The average Bonchev–Trinajstić information content (AvgIpc) is 3.20. The molecule has 0 bridgehead atoms. The fourth-order valence-electron chi connectivity index (χ4n) is 2.78. The molecular weight excluding hydrogens is 308 g/mol. The Morgan fingerprint density at radius 2 is 2.09 bits per heavy atom. The first-order valence-corrected chi connectivity index (χ1v) is 9.25. The fraction of sp³-hybridized carbons (Fsp3) is 0.769. The number of rotatable bonds is 4. The SMILES string of the molecule is Cc1noc([C@H]2CCN(S(C)(=O)=O)C[C@H]2NC(=O)C2CC2)n1. The Balaban J connectivity index is 1.79. The maximum Gasteiger partial charge on any atom is 0.231 e. The lowest BCUT2D eigenvalue weighted by molar-refractivity contribution is -0.123. The normalized spacial score (nSPS) is 26.8. The summed E-state index contributed by atoms with van der Waals surface area (Å²) in [6.07, 6.45) is 3.53. The highest BCUT2D eigenvalue weighted by molar-refractivity contribution is 7.88. The van der Waals surface area contributed by atoms with E-state index in [0.29, 0.717) is 24.7 Å². The smallest absolute Gasteiger partial charge is 0.231 e. The molecule has 0 radical (unpaired) electrons. The summed E-state index contributed by atoms with van der Waals surface area (Å²) >= 11 is 0. The van der Waals surface area contributed by atoms with Crippen LogP contribution in [0.4, 0.5) is 0 Å². The van der Waals surface area contributed by atoms with E-state index in [9.17, 15) is 13.2 Å². The van der Waals surface area contributed by atoms with E-state index in [2.05, 4.69) is 15.5 Å². The van der Waals surface area contributed by atoms with E-state index in [0.717, 1.165) is 12.8 Å². The van der Waals surface area contributed by atoms with Gasteiger partial charge in [-0.3, -0.25) is 4.79 Å². The number of nitrogens with zero attached hydrogens (tertiary/aromatic N) is 3. The van der Waals surface area contributed by atoms with Crippen LogP contribution in [0.15, 0.2) is 4.52 Å². The van der Waals surface area contributed by atoms with E-state index in [1.54, 1.807) is 6.92 Å². The Bertz CT molecular complexity index is 667. The summed E-state index contributed by atoms with van der Waals surface area (Å²) in [4.78, 5) is 16.3. The predicted octanol–water partition coefficient (Wildman–Crippen LogP) is 0.0217. The van der Waals surface area contributed by atoms with E-state index >= 15 is 0 Å². The minimum absolute atomic E-state index is 0.0124. The Hall–Kier alpha value is -1.48. The number of carbonyl (C=O) groups is 1. The van der Waals surface area contributed by atoms with Crippen LogP contribution in [0.25, 0.3) is 0 Å². The number of sulfonamides is 1. The Kier molecular flexibility index (Phi) is 3.94. The molecule has 1 aromatic heterocycles. The summed E-state index contributed by atoms with van der Waals surface area (Å²) in [5.41, 5.74) is 0. The Labute approximate surface area is 129 Å². The third kappa shape index (κ3) is 3.30. The zero-order valence-corrected chi connectivity index (χ0v) is 13.5. The second-order valence-electron chi connectivity index (χ2n) is 6.09. The van der Waals surface area contributed by atoms with Crippen molar-refractivity contribution in [1.82, 2.24) is 19.8 Å². The number of amides is 1. The molecule has 1 amide bonds. The van der Waals surface area contributed by atoms with Gasteiger partial charge < -0.3 is 9.84 Å². The Morgan fingerprint density at radius 1 is 1.36 bits per heavy atom. The summed E-state index contributed by atoms with van der Waals surface area (Å²) < 4.78 is 30.2. The molecule has 3 rings (SSSR count). The molecule has 122 valence electrons. The molecule has 1 N–H and O–H groups in total. The van der Waals surface area contributed by atoms with Crippen LogP contribution in [0.3, 0.4) is 0 Å². The molecule has 2 aliphatic rings. The van der Waals surface area contributed by atoms with Gasteiger partial charge in [-0.05, 0) is 26.2 Å². The van der Waals surface area contributed by atoms with Gasteiger partial charge in [0.15, 0.2) is 5.82 Å². The van der Waals surface area contributed by atoms with Gasteiger partial charge in [0, 0.05) is 19.0 Å². The third-order valence-corrected chi connectivity index (χ3v) is 5.45. The minimum Gasteiger partial charge on any atom is -0.351 e. The molecule has 1 saturated heterocycles.